The molecule has 0 aliphatic carbocycles. The normalized spacial score (nSPS) is 14.8. The van der Waals surface area contributed by atoms with E-state index in [9.17, 15) is 14.9 Å². The lowest BCUT2D eigenvalue weighted by Crippen LogP contribution is -2.48. The van der Waals surface area contributed by atoms with Gasteiger partial charge in [0.25, 0.3) is 5.69 Å². The largest absolute Gasteiger partial charge is 0.345 e. The van der Waals surface area contributed by atoms with Gasteiger partial charge in [0, 0.05) is 44.0 Å². The number of nitrogens with zero attached hydrogens (tertiary/aromatic N) is 4. The number of anilines is 2. The number of nitro groups is 1. The Morgan fingerprint density at radius 3 is 2.70 bits per heavy atom. The molecule has 1 aromatic heterocycles. The summed E-state index contributed by atoms with van der Waals surface area (Å²) in [4.78, 5) is 32.0. The molecule has 3 aromatic rings. The van der Waals surface area contributed by atoms with E-state index < -0.39 is 0 Å². The molecule has 156 valence electrons. The molecule has 2 aromatic carbocycles. The maximum atomic E-state index is 12.5. The number of aryl methyl sites for hydroxylation is 1. The minimum Gasteiger partial charge on any atom is -0.345 e. The van der Waals surface area contributed by atoms with Crippen LogP contribution in [-0.2, 0) is 11.2 Å². The minimum absolute atomic E-state index is 0.00310. The highest BCUT2D eigenvalue weighted by Crippen LogP contribution is 2.31. The molecule has 0 saturated carbocycles. The number of nitrogens with one attached hydrogen (secondary N) is 1. The number of fused-ring (bicyclic) bond motifs is 1. The summed E-state index contributed by atoms with van der Waals surface area (Å²) in [5.74, 6) is -0.00310. The fourth-order valence-electron chi connectivity index (χ4n) is 3.59. The number of carbonyl (C=O) groups excluding carboxylic acids is 1. The van der Waals surface area contributed by atoms with Gasteiger partial charge < -0.3 is 10.2 Å². The standard InChI is InChI=1S/C21H23N5O3S/c1-2-15-5-3-4-6-17(15)22-20(27)14-24-9-11-25(12-10-24)21-23-18-8-7-16(26(28)29)13-19(18)30-21/h3-8,13H,2,9-12,14H2,1H3,(H,22,27). The number of hydrogen-bond acceptors (Lipinski definition) is 7. The summed E-state index contributed by atoms with van der Waals surface area (Å²) in [6.45, 7) is 5.49. The lowest BCUT2D eigenvalue weighted by molar-refractivity contribution is -0.384. The van der Waals surface area contributed by atoms with Gasteiger partial charge in [-0.05, 0) is 24.1 Å². The molecular formula is C21H23N5O3S. The number of para-hydroxylation sites is 1. The number of rotatable bonds is 6. The summed E-state index contributed by atoms with van der Waals surface area (Å²) in [7, 11) is 0. The van der Waals surface area contributed by atoms with Crippen molar-refractivity contribution in [2.75, 3.05) is 42.9 Å². The van der Waals surface area contributed by atoms with Crippen LogP contribution in [0.4, 0.5) is 16.5 Å². The van der Waals surface area contributed by atoms with Crippen LogP contribution in [-0.4, -0.2) is 53.4 Å². The topological polar surface area (TPSA) is 91.6 Å². The summed E-state index contributed by atoms with van der Waals surface area (Å²) >= 11 is 1.47. The van der Waals surface area contributed by atoms with Crippen LogP contribution < -0.4 is 10.2 Å². The van der Waals surface area contributed by atoms with Gasteiger partial charge in [0.15, 0.2) is 5.13 Å². The quantitative estimate of drug-likeness (QED) is 0.480. The smallest absolute Gasteiger partial charge is 0.270 e. The van der Waals surface area contributed by atoms with E-state index in [0.29, 0.717) is 6.54 Å². The molecule has 9 heteroatoms. The lowest BCUT2D eigenvalue weighted by Gasteiger charge is -2.34. The highest BCUT2D eigenvalue weighted by Gasteiger charge is 2.22. The van der Waals surface area contributed by atoms with Crippen LogP contribution in [0.1, 0.15) is 12.5 Å². The summed E-state index contributed by atoms with van der Waals surface area (Å²) in [5, 5.41) is 14.9. The first kappa shape index (κ1) is 20.2. The minimum atomic E-state index is -0.387. The van der Waals surface area contributed by atoms with E-state index in [1.807, 2.05) is 24.3 Å². The molecule has 0 spiro atoms. The van der Waals surface area contributed by atoms with Gasteiger partial charge in [0.05, 0.1) is 21.7 Å². The van der Waals surface area contributed by atoms with Crippen molar-refractivity contribution in [1.29, 1.82) is 0 Å². The molecule has 4 rings (SSSR count). The molecule has 2 heterocycles. The Morgan fingerprint density at radius 1 is 1.20 bits per heavy atom. The molecule has 0 radical (unpaired) electrons. The molecule has 30 heavy (non-hydrogen) atoms. The first-order chi connectivity index (χ1) is 14.5. The van der Waals surface area contributed by atoms with E-state index in [0.717, 1.165) is 59.2 Å². The van der Waals surface area contributed by atoms with Gasteiger partial charge >= 0.3 is 0 Å². The van der Waals surface area contributed by atoms with Gasteiger partial charge in [-0.1, -0.05) is 36.5 Å². The van der Waals surface area contributed by atoms with Crippen LogP contribution in [0.5, 0.6) is 0 Å². The van der Waals surface area contributed by atoms with E-state index >= 15 is 0 Å². The third-order valence-electron chi connectivity index (χ3n) is 5.25. The van der Waals surface area contributed by atoms with E-state index in [1.54, 1.807) is 12.1 Å². The van der Waals surface area contributed by atoms with Gasteiger partial charge in [-0.15, -0.1) is 0 Å². The Kier molecular flexibility index (Phi) is 5.91. The van der Waals surface area contributed by atoms with Crippen LogP contribution in [0.3, 0.4) is 0 Å². The van der Waals surface area contributed by atoms with E-state index in [-0.39, 0.29) is 16.5 Å². The number of non-ortho nitro benzene ring substituents is 1. The monoisotopic (exact) mass is 425 g/mol. The maximum absolute atomic E-state index is 12.5. The van der Waals surface area contributed by atoms with E-state index in [2.05, 4.69) is 27.0 Å². The van der Waals surface area contributed by atoms with Crippen LogP contribution >= 0.6 is 11.3 Å². The first-order valence-corrected chi connectivity index (χ1v) is 10.7. The van der Waals surface area contributed by atoms with Crippen molar-refractivity contribution in [3.05, 3.63) is 58.1 Å². The summed E-state index contributed by atoms with van der Waals surface area (Å²) in [5.41, 5.74) is 2.87. The second-order valence-corrected chi connectivity index (χ2v) is 8.24. The second-order valence-electron chi connectivity index (χ2n) is 7.23. The van der Waals surface area contributed by atoms with Crippen molar-refractivity contribution in [2.24, 2.45) is 0 Å². The Labute approximate surface area is 178 Å². The van der Waals surface area contributed by atoms with E-state index in [1.165, 1.54) is 17.4 Å². The number of benzene rings is 2. The van der Waals surface area contributed by atoms with Gasteiger partial charge in [0.2, 0.25) is 5.91 Å². The SMILES string of the molecule is CCc1ccccc1NC(=O)CN1CCN(c2nc3ccc([N+](=O)[O-])cc3s2)CC1. The maximum Gasteiger partial charge on any atom is 0.270 e. The zero-order valence-electron chi connectivity index (χ0n) is 16.7. The van der Waals surface area contributed by atoms with Crippen molar-refractivity contribution in [3.63, 3.8) is 0 Å². The molecule has 1 aliphatic heterocycles. The molecule has 0 bridgehead atoms. The average molecular weight is 426 g/mol. The van der Waals surface area contributed by atoms with Crippen molar-refractivity contribution >= 4 is 44.0 Å². The number of nitro benzene ring substituents is 1. The van der Waals surface area contributed by atoms with Crippen molar-refractivity contribution in [2.45, 2.75) is 13.3 Å². The highest BCUT2D eigenvalue weighted by atomic mass is 32.1. The summed E-state index contributed by atoms with van der Waals surface area (Å²) in [6.07, 6.45) is 0.875. The predicted octanol–water partition coefficient (Wildman–Crippen LogP) is 3.53. The molecule has 1 amide bonds. The zero-order chi connectivity index (χ0) is 21.1. The highest BCUT2D eigenvalue weighted by molar-refractivity contribution is 7.22. The molecule has 1 fully saturated rings. The van der Waals surface area contributed by atoms with Crippen molar-refractivity contribution < 1.29 is 9.72 Å². The van der Waals surface area contributed by atoms with Gasteiger partial charge in [0.1, 0.15) is 0 Å². The van der Waals surface area contributed by atoms with E-state index in [4.69, 9.17) is 0 Å². The number of hydrogen-bond donors (Lipinski definition) is 1. The van der Waals surface area contributed by atoms with Crippen molar-refractivity contribution in [1.82, 2.24) is 9.88 Å². The molecule has 1 saturated heterocycles. The molecule has 1 N–H and O–H groups in total. The molecular weight excluding hydrogens is 402 g/mol. The summed E-state index contributed by atoms with van der Waals surface area (Å²) in [6, 6.07) is 12.6. The van der Waals surface area contributed by atoms with Crippen molar-refractivity contribution in [3.8, 4) is 0 Å². The van der Waals surface area contributed by atoms with Gasteiger partial charge in [-0.3, -0.25) is 19.8 Å². The van der Waals surface area contributed by atoms with Crippen LogP contribution in [0, 0.1) is 10.1 Å². The Bertz CT molecular complexity index is 1080. The molecule has 8 nitrogen and oxygen atoms in total. The lowest BCUT2D eigenvalue weighted by atomic mass is 10.1. The Balaban J connectivity index is 1.34. The van der Waals surface area contributed by atoms with Gasteiger partial charge in [-0.25, -0.2) is 4.98 Å². The molecule has 0 atom stereocenters. The number of aromatic nitrogens is 1. The number of thiazole rings is 1. The first-order valence-electron chi connectivity index (χ1n) is 9.93. The third kappa shape index (κ3) is 4.42. The Hall–Kier alpha value is -3.04. The number of piperazine rings is 1. The fourth-order valence-corrected chi connectivity index (χ4v) is 4.64. The predicted molar refractivity (Wildman–Crippen MR) is 119 cm³/mol. The zero-order valence-corrected chi connectivity index (χ0v) is 17.5. The molecule has 1 aliphatic rings. The second kappa shape index (κ2) is 8.76. The summed E-state index contributed by atoms with van der Waals surface area (Å²) < 4.78 is 0.815. The Morgan fingerprint density at radius 2 is 1.97 bits per heavy atom. The van der Waals surface area contributed by atoms with Gasteiger partial charge in [-0.2, -0.15) is 0 Å². The number of amides is 1. The third-order valence-corrected chi connectivity index (χ3v) is 6.33. The number of carbonyl (C=O) groups is 1. The van der Waals surface area contributed by atoms with Crippen LogP contribution in [0.2, 0.25) is 0 Å². The molecule has 0 unspecified atom stereocenters. The van der Waals surface area contributed by atoms with Crippen LogP contribution in [0.25, 0.3) is 10.2 Å². The average Bonchev–Trinajstić information content (AvgIpc) is 3.18. The van der Waals surface area contributed by atoms with Crippen LogP contribution in [0.15, 0.2) is 42.5 Å². The fraction of sp³-hybridized carbons (Fsp3) is 0.333.